The first-order valence-corrected chi connectivity index (χ1v) is 12.4. The summed E-state index contributed by atoms with van der Waals surface area (Å²) in [6, 6.07) is 3.18. The number of phenols is 1. The summed E-state index contributed by atoms with van der Waals surface area (Å²) < 4.78 is 6.14. The van der Waals surface area contributed by atoms with E-state index >= 15 is 0 Å². The van der Waals surface area contributed by atoms with Crippen molar-refractivity contribution < 1.29 is 39.5 Å². The van der Waals surface area contributed by atoms with Gasteiger partial charge < -0.3 is 41.5 Å². The van der Waals surface area contributed by atoms with Gasteiger partial charge in [-0.05, 0) is 43.3 Å². The molecule has 4 aliphatic rings. The Hall–Kier alpha value is -4.49. The molecule has 8 N–H and O–H groups in total. The van der Waals surface area contributed by atoms with Crippen molar-refractivity contribution in [3.05, 3.63) is 64.2 Å². The maximum absolute atomic E-state index is 13.9. The van der Waals surface area contributed by atoms with E-state index in [0.29, 0.717) is 0 Å². The molecule has 0 saturated carbocycles. The first kappa shape index (κ1) is 25.8. The molecule has 11 heteroatoms. The highest BCUT2D eigenvalue weighted by atomic mass is 16.7. The monoisotopic (exact) mass is 541 g/mol. The third-order valence-electron chi connectivity index (χ3n) is 7.76. The van der Waals surface area contributed by atoms with E-state index in [1.165, 1.54) is 43.3 Å². The van der Waals surface area contributed by atoms with E-state index in [1.54, 1.807) is 0 Å². The summed E-state index contributed by atoms with van der Waals surface area (Å²) in [5.74, 6) is 8.62. The lowest BCUT2D eigenvalue weighted by Crippen LogP contribution is -2.54. The number of hydrogen-bond donors (Lipinski definition) is 7. The lowest BCUT2D eigenvalue weighted by Gasteiger charge is -2.37. The maximum atomic E-state index is 13.9. The van der Waals surface area contributed by atoms with Crippen LogP contribution in [0.1, 0.15) is 44.3 Å². The molecule has 6 atom stereocenters. The molecular formula is C29H23N3O8. The smallest absolute Gasteiger partial charge is 0.243 e. The van der Waals surface area contributed by atoms with Gasteiger partial charge in [-0.15, -0.1) is 0 Å². The first-order chi connectivity index (χ1) is 19.1. The summed E-state index contributed by atoms with van der Waals surface area (Å²) in [5, 5.41) is 47.9. The van der Waals surface area contributed by atoms with Crippen molar-refractivity contribution in [1.82, 2.24) is 0 Å². The number of ether oxygens (including phenoxy) is 1. The highest BCUT2D eigenvalue weighted by Gasteiger charge is 2.82. The van der Waals surface area contributed by atoms with Gasteiger partial charge in [0.05, 0.1) is 29.5 Å². The zero-order chi connectivity index (χ0) is 28.6. The van der Waals surface area contributed by atoms with Crippen LogP contribution >= 0.6 is 0 Å². The van der Waals surface area contributed by atoms with Crippen molar-refractivity contribution in [3.63, 3.8) is 0 Å². The van der Waals surface area contributed by atoms with Gasteiger partial charge in [0.25, 0.3) is 0 Å². The summed E-state index contributed by atoms with van der Waals surface area (Å²) in [5.41, 5.74) is 2.40. The summed E-state index contributed by atoms with van der Waals surface area (Å²) in [6.07, 6.45) is 0.295. The number of aliphatic hydroxyl groups is 3. The molecule has 0 radical (unpaired) electrons. The zero-order valence-electron chi connectivity index (χ0n) is 21.0. The molecule has 2 aliphatic heterocycles. The molecule has 1 amide bonds. The molecular weight excluding hydrogens is 518 g/mol. The van der Waals surface area contributed by atoms with Crippen molar-refractivity contribution in [3.8, 4) is 29.4 Å². The maximum Gasteiger partial charge on any atom is 0.243 e. The zero-order valence-corrected chi connectivity index (χ0v) is 21.0. The average Bonchev–Trinajstić information content (AvgIpc) is 3.66. The van der Waals surface area contributed by atoms with Crippen LogP contribution < -0.4 is 16.4 Å². The summed E-state index contributed by atoms with van der Waals surface area (Å²) >= 11 is 0. The number of amides is 1. The minimum absolute atomic E-state index is 0.0155. The van der Waals surface area contributed by atoms with E-state index in [1.807, 2.05) is 0 Å². The molecule has 1 saturated heterocycles. The van der Waals surface area contributed by atoms with Crippen LogP contribution in [0.3, 0.4) is 0 Å². The Morgan fingerprint density at radius 2 is 1.85 bits per heavy atom. The molecule has 2 bridgehead atoms. The molecule has 202 valence electrons. The second kappa shape index (κ2) is 8.76. The van der Waals surface area contributed by atoms with Crippen LogP contribution in [-0.4, -0.2) is 74.4 Å². The van der Waals surface area contributed by atoms with Gasteiger partial charge in [0.15, 0.2) is 28.9 Å². The number of carbonyl (C=O) groups is 3. The fourth-order valence-corrected chi connectivity index (χ4v) is 5.84. The van der Waals surface area contributed by atoms with E-state index in [0.717, 1.165) is 0 Å². The predicted molar refractivity (Wildman–Crippen MR) is 140 cm³/mol. The molecule has 11 nitrogen and oxygen atoms in total. The first-order valence-electron chi connectivity index (χ1n) is 12.4. The Morgan fingerprint density at radius 3 is 2.55 bits per heavy atom. The molecule has 1 fully saturated rings. The van der Waals surface area contributed by atoms with E-state index < -0.39 is 65.3 Å². The Kier molecular flexibility index (Phi) is 5.64. The van der Waals surface area contributed by atoms with E-state index in [-0.39, 0.29) is 39.2 Å². The third-order valence-corrected chi connectivity index (χ3v) is 7.76. The number of anilines is 2. The Morgan fingerprint density at radius 1 is 1.15 bits per heavy atom. The minimum Gasteiger partial charge on any atom is -0.507 e. The van der Waals surface area contributed by atoms with Gasteiger partial charge in [-0.3, -0.25) is 14.4 Å². The summed E-state index contributed by atoms with van der Waals surface area (Å²) in [6.45, 7) is 0.898. The summed E-state index contributed by atoms with van der Waals surface area (Å²) in [7, 11) is 0. The SMILES string of the molecule is C[C@@H](O)[C@@]12O[C@]13c1cc(O)c4c(c1N[C@H]2C#C/C=C\C#CC3O)C(=O)c1ccc(NC(=O)[C@@H](N)CO)cc1C4=O. The van der Waals surface area contributed by atoms with Crippen LogP contribution in [0.5, 0.6) is 5.75 Å². The van der Waals surface area contributed by atoms with Gasteiger partial charge in [0, 0.05) is 22.4 Å². The number of aromatic hydroxyl groups is 1. The minimum atomic E-state index is -1.66. The van der Waals surface area contributed by atoms with Crippen LogP contribution in [0.2, 0.25) is 0 Å². The van der Waals surface area contributed by atoms with Gasteiger partial charge in [-0.1, -0.05) is 23.7 Å². The molecule has 2 aliphatic carbocycles. The summed E-state index contributed by atoms with van der Waals surface area (Å²) in [4.78, 5) is 39.7. The number of epoxide rings is 1. The van der Waals surface area contributed by atoms with E-state index in [9.17, 15) is 29.7 Å². The number of benzene rings is 2. The van der Waals surface area contributed by atoms with Gasteiger partial charge >= 0.3 is 0 Å². The van der Waals surface area contributed by atoms with Crippen LogP contribution in [-0.2, 0) is 15.1 Å². The number of nitrogens with one attached hydrogen (secondary N) is 2. The topological polar surface area (TPSA) is 195 Å². The number of hydrogen-bond acceptors (Lipinski definition) is 10. The number of allylic oxidation sites excluding steroid dienone is 2. The van der Waals surface area contributed by atoms with Crippen molar-refractivity contribution in [2.24, 2.45) is 5.73 Å². The van der Waals surface area contributed by atoms with E-state index in [2.05, 4.69) is 34.3 Å². The lowest BCUT2D eigenvalue weighted by atomic mass is 9.69. The third kappa shape index (κ3) is 3.24. The molecule has 6 rings (SSSR count). The number of fused-ring (bicyclic) bond motifs is 4. The molecule has 2 aromatic rings. The van der Waals surface area contributed by atoms with Gasteiger partial charge in [0.2, 0.25) is 5.91 Å². The Balaban J connectivity index is 1.53. The molecule has 40 heavy (non-hydrogen) atoms. The molecule has 1 unspecified atom stereocenters. The van der Waals surface area contributed by atoms with Gasteiger partial charge in [-0.25, -0.2) is 0 Å². The number of carbonyl (C=O) groups excluding carboxylic acids is 3. The fraction of sp³-hybridized carbons (Fsp3) is 0.276. The van der Waals surface area contributed by atoms with Crippen molar-refractivity contribution >= 4 is 28.8 Å². The standard InChI is InChI=1S/C29H23N3O8/c1-13(34)28-20-6-4-2-3-5-7-21(36)29(28,40-28)17-11-19(35)22-23(24(17)32-20)25(37)15-9-8-14(10-16(15)26(22)38)31-27(39)18(30)12-33/h2-3,8-11,13,18,20-21,32-36H,12,30H2,1H3,(H,31,39)/b3-2-/t13-,18+,20+,21?,28+,29+/m1/s1. The van der Waals surface area contributed by atoms with Crippen molar-refractivity contribution in [1.29, 1.82) is 0 Å². The van der Waals surface area contributed by atoms with Crippen molar-refractivity contribution in [2.45, 2.75) is 42.4 Å². The van der Waals surface area contributed by atoms with E-state index in [4.69, 9.17) is 15.6 Å². The van der Waals surface area contributed by atoms with Crippen LogP contribution in [0.15, 0.2) is 36.4 Å². The van der Waals surface area contributed by atoms with Crippen LogP contribution in [0.25, 0.3) is 0 Å². The quantitative estimate of drug-likeness (QED) is 0.129. The number of ketones is 2. The number of aliphatic hydroxyl groups excluding tert-OH is 3. The fourth-order valence-electron chi connectivity index (χ4n) is 5.84. The lowest BCUT2D eigenvalue weighted by molar-refractivity contribution is -0.118. The molecule has 2 heterocycles. The molecule has 0 aromatic heterocycles. The average molecular weight is 542 g/mol. The number of phenolic OH excluding ortho intramolecular Hbond substituents is 1. The molecule has 0 spiro atoms. The number of rotatable bonds is 4. The normalized spacial score (nSPS) is 28.8. The second-order valence-electron chi connectivity index (χ2n) is 9.96. The number of nitrogens with two attached hydrogens (primary N) is 1. The predicted octanol–water partition coefficient (Wildman–Crippen LogP) is -0.498. The van der Waals surface area contributed by atoms with Crippen molar-refractivity contribution in [2.75, 3.05) is 17.2 Å². The van der Waals surface area contributed by atoms with Gasteiger partial charge in [-0.2, -0.15) is 0 Å². The largest absolute Gasteiger partial charge is 0.507 e. The highest BCUT2D eigenvalue weighted by Crippen LogP contribution is 2.67. The van der Waals surface area contributed by atoms with Gasteiger partial charge in [0.1, 0.15) is 17.8 Å². The van der Waals surface area contributed by atoms with Crippen LogP contribution in [0.4, 0.5) is 11.4 Å². The Bertz CT molecular complexity index is 1690. The highest BCUT2D eigenvalue weighted by molar-refractivity contribution is 6.31. The second-order valence-corrected chi connectivity index (χ2v) is 9.96. The van der Waals surface area contributed by atoms with Crippen LogP contribution in [0, 0.1) is 23.7 Å². The Labute approximate surface area is 227 Å². The molecule has 2 aromatic carbocycles.